The molecule has 1 aliphatic rings. The molecule has 8 heteroatoms. The van der Waals surface area contributed by atoms with E-state index in [1.807, 2.05) is 0 Å². The van der Waals surface area contributed by atoms with Gasteiger partial charge in [0.05, 0.1) is 4.92 Å². The third kappa shape index (κ3) is 3.90. The highest BCUT2D eigenvalue weighted by Crippen LogP contribution is 2.21. The number of hydrogen-bond acceptors (Lipinski definition) is 4. The van der Waals surface area contributed by atoms with E-state index in [0.29, 0.717) is 37.4 Å². The van der Waals surface area contributed by atoms with Crippen molar-refractivity contribution in [3.05, 3.63) is 64.0 Å². The summed E-state index contributed by atoms with van der Waals surface area (Å²) in [6, 6.07) is 10.4. The van der Waals surface area contributed by atoms with Crippen molar-refractivity contribution in [3.63, 3.8) is 0 Å². The van der Waals surface area contributed by atoms with E-state index in [2.05, 4.69) is 10.2 Å². The molecule has 2 aromatic rings. The molecule has 26 heavy (non-hydrogen) atoms. The molecule has 0 spiro atoms. The molecule has 136 valence electrons. The lowest BCUT2D eigenvalue weighted by Gasteiger charge is -2.36. The number of non-ortho nitro benzene ring substituents is 1. The first-order valence-electron chi connectivity index (χ1n) is 8.25. The third-order valence-electron chi connectivity index (χ3n) is 4.42. The average molecular weight is 358 g/mol. The number of nitro groups is 1. The Morgan fingerprint density at radius 1 is 1.12 bits per heavy atom. The molecular formula is C18H19FN4O3. The Kier molecular flexibility index (Phi) is 5.01. The second-order valence-electron chi connectivity index (χ2n) is 6.14. The van der Waals surface area contributed by atoms with Crippen LogP contribution in [0.5, 0.6) is 0 Å². The van der Waals surface area contributed by atoms with Gasteiger partial charge in [0.2, 0.25) is 0 Å². The van der Waals surface area contributed by atoms with Gasteiger partial charge in [-0.3, -0.25) is 10.1 Å². The number of urea groups is 1. The summed E-state index contributed by atoms with van der Waals surface area (Å²) in [5.41, 5.74) is 2.21. The minimum atomic E-state index is -0.427. The topological polar surface area (TPSA) is 78.7 Å². The zero-order chi connectivity index (χ0) is 18.7. The van der Waals surface area contributed by atoms with Gasteiger partial charge in [0.15, 0.2) is 0 Å². The lowest BCUT2D eigenvalue weighted by Crippen LogP contribution is -2.50. The molecule has 1 N–H and O–H groups in total. The molecule has 7 nitrogen and oxygen atoms in total. The predicted molar refractivity (Wildman–Crippen MR) is 97.0 cm³/mol. The number of halogens is 1. The van der Waals surface area contributed by atoms with Crippen LogP contribution in [0.15, 0.2) is 42.5 Å². The first kappa shape index (κ1) is 17.7. The van der Waals surface area contributed by atoms with Gasteiger partial charge in [-0.15, -0.1) is 0 Å². The van der Waals surface area contributed by atoms with Gasteiger partial charge >= 0.3 is 6.03 Å². The Morgan fingerprint density at radius 3 is 2.35 bits per heavy atom. The van der Waals surface area contributed by atoms with Crippen molar-refractivity contribution >= 4 is 23.1 Å². The zero-order valence-electron chi connectivity index (χ0n) is 14.3. The standard InChI is InChI=1S/C18H19FN4O3/c1-13-12-14(19)2-7-17(13)20-18(24)22-10-8-21(9-11-22)15-3-5-16(6-4-15)23(25)26/h2-7,12H,8-11H2,1H3,(H,20,24). The van der Waals surface area contributed by atoms with E-state index in [-0.39, 0.29) is 17.5 Å². The van der Waals surface area contributed by atoms with Gasteiger partial charge in [-0.2, -0.15) is 0 Å². The second-order valence-corrected chi connectivity index (χ2v) is 6.14. The van der Waals surface area contributed by atoms with E-state index in [9.17, 15) is 19.3 Å². The fourth-order valence-electron chi connectivity index (χ4n) is 2.91. The second kappa shape index (κ2) is 7.38. The summed E-state index contributed by atoms with van der Waals surface area (Å²) in [4.78, 5) is 26.5. The number of aryl methyl sites for hydroxylation is 1. The van der Waals surface area contributed by atoms with Crippen LogP contribution in [0.25, 0.3) is 0 Å². The normalized spacial score (nSPS) is 14.2. The molecule has 0 aliphatic carbocycles. The van der Waals surface area contributed by atoms with Crippen molar-refractivity contribution in [3.8, 4) is 0 Å². The molecule has 2 amide bonds. The van der Waals surface area contributed by atoms with Crippen LogP contribution < -0.4 is 10.2 Å². The van der Waals surface area contributed by atoms with Crippen LogP contribution >= 0.6 is 0 Å². The van der Waals surface area contributed by atoms with Crippen LogP contribution in [0.2, 0.25) is 0 Å². The Balaban J connectivity index is 1.57. The van der Waals surface area contributed by atoms with Crippen LogP contribution in [0.3, 0.4) is 0 Å². The largest absolute Gasteiger partial charge is 0.368 e. The monoisotopic (exact) mass is 358 g/mol. The number of benzene rings is 2. The van der Waals surface area contributed by atoms with Gasteiger partial charge in [0, 0.05) is 49.7 Å². The number of carbonyl (C=O) groups excluding carboxylic acids is 1. The van der Waals surface area contributed by atoms with Crippen molar-refractivity contribution in [2.45, 2.75) is 6.92 Å². The number of nitrogens with one attached hydrogen (secondary N) is 1. The van der Waals surface area contributed by atoms with E-state index < -0.39 is 4.92 Å². The quantitative estimate of drug-likeness (QED) is 0.674. The molecular weight excluding hydrogens is 339 g/mol. The summed E-state index contributed by atoms with van der Waals surface area (Å²) in [6.45, 7) is 4.07. The van der Waals surface area contributed by atoms with E-state index >= 15 is 0 Å². The molecule has 3 rings (SSSR count). The maximum Gasteiger partial charge on any atom is 0.321 e. The van der Waals surface area contributed by atoms with Crippen molar-refractivity contribution in [1.82, 2.24) is 4.90 Å². The number of hydrogen-bond donors (Lipinski definition) is 1. The summed E-state index contributed by atoms with van der Waals surface area (Å²) in [6.07, 6.45) is 0. The van der Waals surface area contributed by atoms with Gasteiger partial charge < -0.3 is 15.1 Å². The molecule has 0 saturated carbocycles. The first-order chi connectivity index (χ1) is 12.4. The molecule has 0 aromatic heterocycles. The number of carbonyl (C=O) groups is 1. The molecule has 1 fully saturated rings. The fourth-order valence-corrected chi connectivity index (χ4v) is 2.91. The predicted octanol–water partition coefficient (Wildman–Crippen LogP) is 3.40. The molecule has 0 unspecified atom stereocenters. The van der Waals surface area contributed by atoms with Crippen LogP contribution in [-0.4, -0.2) is 42.0 Å². The number of rotatable bonds is 3. The molecule has 1 aliphatic heterocycles. The highest BCUT2D eigenvalue weighted by Gasteiger charge is 2.22. The van der Waals surface area contributed by atoms with Crippen LogP contribution in [0.1, 0.15) is 5.56 Å². The van der Waals surface area contributed by atoms with Crippen molar-refractivity contribution in [2.75, 3.05) is 36.4 Å². The van der Waals surface area contributed by atoms with Gasteiger partial charge in [-0.1, -0.05) is 0 Å². The van der Waals surface area contributed by atoms with E-state index in [4.69, 9.17) is 0 Å². The minimum absolute atomic E-state index is 0.0569. The van der Waals surface area contributed by atoms with Gasteiger partial charge in [0.25, 0.3) is 5.69 Å². The molecule has 0 atom stereocenters. The summed E-state index contributed by atoms with van der Waals surface area (Å²) < 4.78 is 13.1. The summed E-state index contributed by atoms with van der Waals surface area (Å²) >= 11 is 0. The first-order valence-corrected chi connectivity index (χ1v) is 8.25. The van der Waals surface area contributed by atoms with Gasteiger partial charge in [0.1, 0.15) is 5.82 Å². The molecule has 0 radical (unpaired) electrons. The zero-order valence-corrected chi connectivity index (χ0v) is 14.3. The van der Waals surface area contributed by atoms with Crippen LogP contribution in [0, 0.1) is 22.9 Å². The Labute approximate surface area is 150 Å². The van der Waals surface area contributed by atoms with E-state index in [1.54, 1.807) is 30.0 Å². The van der Waals surface area contributed by atoms with Crippen LogP contribution in [0.4, 0.5) is 26.2 Å². The summed E-state index contributed by atoms with van der Waals surface area (Å²) in [5, 5.41) is 13.5. The summed E-state index contributed by atoms with van der Waals surface area (Å²) in [7, 11) is 0. The van der Waals surface area contributed by atoms with Gasteiger partial charge in [-0.25, -0.2) is 9.18 Å². The number of nitrogens with zero attached hydrogens (tertiary/aromatic N) is 3. The van der Waals surface area contributed by atoms with E-state index in [0.717, 1.165) is 5.69 Å². The lowest BCUT2D eigenvalue weighted by atomic mass is 10.2. The van der Waals surface area contributed by atoms with E-state index in [1.165, 1.54) is 24.3 Å². The summed E-state index contributed by atoms with van der Waals surface area (Å²) in [5.74, 6) is -0.336. The number of piperazine rings is 1. The number of nitro benzene ring substituents is 1. The lowest BCUT2D eigenvalue weighted by molar-refractivity contribution is -0.384. The smallest absolute Gasteiger partial charge is 0.321 e. The maximum atomic E-state index is 13.1. The molecule has 2 aromatic carbocycles. The maximum absolute atomic E-state index is 13.1. The number of anilines is 2. The Bertz CT molecular complexity index is 818. The highest BCUT2D eigenvalue weighted by atomic mass is 19.1. The minimum Gasteiger partial charge on any atom is -0.368 e. The highest BCUT2D eigenvalue weighted by molar-refractivity contribution is 5.90. The average Bonchev–Trinajstić information content (AvgIpc) is 2.64. The van der Waals surface area contributed by atoms with Crippen molar-refractivity contribution in [2.24, 2.45) is 0 Å². The van der Waals surface area contributed by atoms with Crippen LogP contribution in [-0.2, 0) is 0 Å². The Hall–Kier alpha value is -3.16. The molecule has 1 heterocycles. The third-order valence-corrected chi connectivity index (χ3v) is 4.42. The van der Waals surface area contributed by atoms with Gasteiger partial charge in [-0.05, 0) is 42.8 Å². The SMILES string of the molecule is Cc1cc(F)ccc1NC(=O)N1CCN(c2ccc([N+](=O)[O-])cc2)CC1. The number of amides is 2. The van der Waals surface area contributed by atoms with Crippen molar-refractivity contribution < 1.29 is 14.1 Å². The molecule has 0 bridgehead atoms. The van der Waals surface area contributed by atoms with Crippen molar-refractivity contribution in [1.29, 1.82) is 0 Å². The Morgan fingerprint density at radius 2 is 1.77 bits per heavy atom. The fraction of sp³-hybridized carbons (Fsp3) is 0.278. The molecule has 1 saturated heterocycles.